The molecule has 0 N–H and O–H groups in total. The zero-order chi connectivity index (χ0) is 13.1. The summed E-state index contributed by atoms with van der Waals surface area (Å²) in [7, 11) is 0. The van der Waals surface area contributed by atoms with Crippen molar-refractivity contribution < 1.29 is 9.53 Å². The van der Waals surface area contributed by atoms with Gasteiger partial charge in [-0.2, -0.15) is 0 Å². The number of carbonyl (C=O) groups is 1. The van der Waals surface area contributed by atoms with Crippen LogP contribution in [-0.4, -0.2) is 12.4 Å². The Morgan fingerprint density at radius 1 is 1.28 bits per heavy atom. The average Bonchev–Trinajstić information content (AvgIpc) is 2.74. The first-order valence-corrected chi connectivity index (χ1v) is 7.70. The molecule has 0 amide bonds. The fourth-order valence-electron chi connectivity index (χ4n) is 1.27. The van der Waals surface area contributed by atoms with Gasteiger partial charge in [-0.05, 0) is 46.3 Å². The number of ether oxygens (including phenoxy) is 1. The Balaban J connectivity index is 2.01. The molecule has 0 aliphatic heterocycles. The van der Waals surface area contributed by atoms with Gasteiger partial charge in [0.1, 0.15) is 5.75 Å². The molecule has 0 fully saturated rings. The highest BCUT2D eigenvalue weighted by Gasteiger charge is 2.10. The Morgan fingerprint density at radius 2 is 2.06 bits per heavy atom. The SMILES string of the molecule is O=C(COc1ccc(Br)cc1Br)c1ccc(Cl)s1. The molecular formula is C12H7Br2ClO2S. The molecule has 18 heavy (non-hydrogen) atoms. The van der Waals surface area contributed by atoms with E-state index < -0.39 is 0 Å². The number of Topliss-reactive ketones (excluding diaryl/α,β-unsaturated/α-hetero) is 1. The van der Waals surface area contributed by atoms with Gasteiger partial charge in [-0.1, -0.05) is 27.5 Å². The fraction of sp³-hybridized carbons (Fsp3) is 0.0833. The van der Waals surface area contributed by atoms with E-state index in [0.717, 1.165) is 8.95 Å². The van der Waals surface area contributed by atoms with E-state index in [4.69, 9.17) is 16.3 Å². The first-order chi connectivity index (χ1) is 8.56. The molecule has 1 heterocycles. The number of carbonyl (C=O) groups excluding carboxylic acids is 1. The summed E-state index contributed by atoms with van der Waals surface area (Å²) in [6.07, 6.45) is 0. The molecule has 6 heteroatoms. The van der Waals surface area contributed by atoms with Crippen molar-refractivity contribution in [1.82, 2.24) is 0 Å². The van der Waals surface area contributed by atoms with Crippen LogP contribution in [-0.2, 0) is 0 Å². The van der Waals surface area contributed by atoms with Crippen LogP contribution in [0.25, 0.3) is 0 Å². The third kappa shape index (κ3) is 3.57. The van der Waals surface area contributed by atoms with Crippen LogP contribution in [0.4, 0.5) is 0 Å². The standard InChI is InChI=1S/C12H7Br2ClO2S/c13-7-1-2-10(8(14)5-7)17-6-9(16)11-3-4-12(15)18-11/h1-5H,6H2. The van der Waals surface area contributed by atoms with Gasteiger partial charge in [0, 0.05) is 4.47 Å². The van der Waals surface area contributed by atoms with E-state index in [1.807, 2.05) is 12.1 Å². The van der Waals surface area contributed by atoms with Crippen molar-refractivity contribution >= 4 is 60.6 Å². The maximum absolute atomic E-state index is 11.8. The lowest BCUT2D eigenvalue weighted by Gasteiger charge is -2.06. The van der Waals surface area contributed by atoms with Gasteiger partial charge in [0.05, 0.1) is 13.7 Å². The van der Waals surface area contributed by atoms with Gasteiger partial charge in [0.25, 0.3) is 0 Å². The third-order valence-electron chi connectivity index (χ3n) is 2.10. The van der Waals surface area contributed by atoms with Crippen molar-refractivity contribution in [2.24, 2.45) is 0 Å². The van der Waals surface area contributed by atoms with Crippen molar-refractivity contribution in [3.63, 3.8) is 0 Å². The summed E-state index contributed by atoms with van der Waals surface area (Å²) < 4.78 is 7.81. The number of halogens is 3. The summed E-state index contributed by atoms with van der Waals surface area (Å²) in [5.74, 6) is 0.552. The zero-order valence-electron chi connectivity index (χ0n) is 8.95. The second kappa shape index (κ2) is 6.19. The molecule has 0 saturated heterocycles. The molecule has 0 aliphatic carbocycles. The third-order valence-corrected chi connectivity index (χ3v) is 4.49. The minimum atomic E-state index is -0.0817. The normalized spacial score (nSPS) is 10.4. The van der Waals surface area contributed by atoms with Gasteiger partial charge in [-0.25, -0.2) is 0 Å². The number of rotatable bonds is 4. The van der Waals surface area contributed by atoms with Crippen LogP contribution in [0.2, 0.25) is 4.34 Å². The molecule has 0 bridgehead atoms. The lowest BCUT2D eigenvalue weighted by atomic mass is 10.3. The zero-order valence-corrected chi connectivity index (χ0v) is 13.7. The maximum atomic E-state index is 11.8. The first kappa shape index (κ1) is 14.1. The molecule has 0 unspecified atom stereocenters. The second-order valence-electron chi connectivity index (χ2n) is 3.39. The Bertz CT molecular complexity index is 583. The Labute approximate surface area is 130 Å². The number of thiophene rings is 1. The Hall–Kier alpha value is -0.360. The van der Waals surface area contributed by atoms with Crippen molar-refractivity contribution in [1.29, 1.82) is 0 Å². The molecule has 0 aliphatic rings. The van der Waals surface area contributed by atoms with Gasteiger partial charge in [-0.3, -0.25) is 4.79 Å². The van der Waals surface area contributed by atoms with Crippen LogP contribution >= 0.6 is 54.8 Å². The van der Waals surface area contributed by atoms with Crippen LogP contribution in [0.1, 0.15) is 9.67 Å². The predicted octanol–water partition coefficient (Wildman–Crippen LogP) is 5.19. The molecule has 2 nitrogen and oxygen atoms in total. The molecule has 0 spiro atoms. The smallest absolute Gasteiger partial charge is 0.210 e. The van der Waals surface area contributed by atoms with E-state index in [9.17, 15) is 4.79 Å². The lowest BCUT2D eigenvalue weighted by molar-refractivity contribution is 0.0925. The van der Waals surface area contributed by atoms with Crippen LogP contribution in [0, 0.1) is 0 Å². The minimum absolute atomic E-state index is 0.00290. The predicted molar refractivity (Wildman–Crippen MR) is 81.0 cm³/mol. The quantitative estimate of drug-likeness (QED) is 0.649. The van der Waals surface area contributed by atoms with Gasteiger partial charge >= 0.3 is 0 Å². The van der Waals surface area contributed by atoms with Crippen LogP contribution in [0.5, 0.6) is 5.75 Å². The second-order valence-corrected chi connectivity index (χ2v) is 6.88. The lowest BCUT2D eigenvalue weighted by Crippen LogP contribution is -2.10. The Kier molecular flexibility index (Phi) is 4.84. The van der Waals surface area contributed by atoms with Gasteiger partial charge in [-0.15, -0.1) is 11.3 Å². The topological polar surface area (TPSA) is 26.3 Å². The van der Waals surface area contributed by atoms with Gasteiger partial charge in [0.2, 0.25) is 5.78 Å². The highest BCUT2D eigenvalue weighted by atomic mass is 79.9. The highest BCUT2D eigenvalue weighted by Crippen LogP contribution is 2.28. The summed E-state index contributed by atoms with van der Waals surface area (Å²) in [6.45, 7) is -0.00290. The number of hydrogen-bond acceptors (Lipinski definition) is 3. The Morgan fingerprint density at radius 3 is 2.67 bits per heavy atom. The fourth-order valence-corrected chi connectivity index (χ4v) is 3.40. The molecule has 1 aromatic carbocycles. The molecule has 94 valence electrons. The molecule has 0 atom stereocenters. The first-order valence-electron chi connectivity index (χ1n) is 4.92. The summed E-state index contributed by atoms with van der Waals surface area (Å²) in [4.78, 5) is 12.4. The number of hydrogen-bond donors (Lipinski definition) is 0. The van der Waals surface area contributed by atoms with E-state index in [-0.39, 0.29) is 12.4 Å². The van der Waals surface area contributed by atoms with Crippen molar-refractivity contribution in [2.45, 2.75) is 0 Å². The van der Waals surface area contributed by atoms with Crippen molar-refractivity contribution in [3.8, 4) is 5.75 Å². The van der Waals surface area contributed by atoms with E-state index in [1.165, 1.54) is 11.3 Å². The summed E-state index contributed by atoms with van der Waals surface area (Å²) in [5.41, 5.74) is 0. The molecule has 0 saturated carbocycles. The van der Waals surface area contributed by atoms with E-state index in [2.05, 4.69) is 31.9 Å². The molecule has 2 aromatic rings. The summed E-state index contributed by atoms with van der Waals surface area (Å²) >= 11 is 13.8. The minimum Gasteiger partial charge on any atom is -0.484 e. The summed E-state index contributed by atoms with van der Waals surface area (Å²) in [6, 6.07) is 8.92. The van der Waals surface area contributed by atoms with E-state index in [0.29, 0.717) is 15.0 Å². The van der Waals surface area contributed by atoms with Crippen molar-refractivity contribution in [3.05, 3.63) is 48.5 Å². The monoisotopic (exact) mass is 408 g/mol. The van der Waals surface area contributed by atoms with E-state index in [1.54, 1.807) is 18.2 Å². The molecular weight excluding hydrogens is 403 g/mol. The average molecular weight is 411 g/mol. The molecule has 1 aromatic heterocycles. The number of benzene rings is 1. The molecule has 0 radical (unpaired) electrons. The van der Waals surface area contributed by atoms with E-state index >= 15 is 0 Å². The van der Waals surface area contributed by atoms with Gasteiger partial charge < -0.3 is 4.74 Å². The number of ketones is 1. The largest absolute Gasteiger partial charge is 0.484 e. The van der Waals surface area contributed by atoms with Gasteiger partial charge in [0.15, 0.2) is 6.61 Å². The molecule has 2 rings (SSSR count). The van der Waals surface area contributed by atoms with Crippen LogP contribution < -0.4 is 4.74 Å². The highest BCUT2D eigenvalue weighted by molar-refractivity contribution is 9.11. The van der Waals surface area contributed by atoms with Crippen LogP contribution in [0.15, 0.2) is 39.3 Å². The maximum Gasteiger partial charge on any atom is 0.210 e. The van der Waals surface area contributed by atoms with Crippen molar-refractivity contribution in [2.75, 3.05) is 6.61 Å². The summed E-state index contributed by atoms with van der Waals surface area (Å²) in [5, 5.41) is 0. The van der Waals surface area contributed by atoms with Crippen LogP contribution in [0.3, 0.4) is 0 Å².